The molecule has 28 heavy (non-hydrogen) atoms. The topological polar surface area (TPSA) is 46.6 Å². The number of ketones is 1. The lowest BCUT2D eigenvalue weighted by Crippen LogP contribution is -2.44. The Morgan fingerprint density at radius 2 is 1.86 bits per heavy atom. The normalized spacial score (nSPS) is 22.5. The van der Waals surface area contributed by atoms with Crippen molar-refractivity contribution in [3.8, 4) is 11.1 Å². The second kappa shape index (κ2) is 7.88. The van der Waals surface area contributed by atoms with Crippen LogP contribution in [0.1, 0.15) is 38.2 Å². The van der Waals surface area contributed by atoms with E-state index in [-0.39, 0.29) is 36.4 Å². The van der Waals surface area contributed by atoms with Gasteiger partial charge >= 0.3 is 0 Å². The molecule has 0 bridgehead atoms. The predicted octanol–water partition coefficient (Wildman–Crippen LogP) is 4.05. The van der Waals surface area contributed by atoms with E-state index in [0.29, 0.717) is 12.5 Å². The van der Waals surface area contributed by atoms with E-state index < -0.39 is 0 Å². The van der Waals surface area contributed by atoms with Crippen molar-refractivity contribution in [2.24, 2.45) is 5.92 Å². The van der Waals surface area contributed by atoms with E-state index >= 15 is 0 Å². The Labute approximate surface area is 166 Å². The summed E-state index contributed by atoms with van der Waals surface area (Å²) < 4.78 is 5.57. The molecule has 146 valence electrons. The quantitative estimate of drug-likeness (QED) is 0.790. The molecule has 2 aliphatic heterocycles. The summed E-state index contributed by atoms with van der Waals surface area (Å²) in [7, 11) is 0. The molecular formula is C24H27NO3. The Morgan fingerprint density at radius 1 is 1.11 bits per heavy atom. The van der Waals surface area contributed by atoms with Crippen LogP contribution >= 0.6 is 0 Å². The number of hydrogen-bond acceptors (Lipinski definition) is 3. The fraction of sp³-hybridized carbons (Fsp3) is 0.417. The summed E-state index contributed by atoms with van der Waals surface area (Å²) in [6, 6.07) is 18.1. The lowest BCUT2D eigenvalue weighted by Gasteiger charge is -2.28. The maximum absolute atomic E-state index is 13.5. The first-order chi connectivity index (χ1) is 13.5. The van der Waals surface area contributed by atoms with Crippen LogP contribution in [0, 0.1) is 5.92 Å². The first-order valence-corrected chi connectivity index (χ1v) is 10.1. The first kappa shape index (κ1) is 18.9. The molecule has 0 aromatic heterocycles. The van der Waals surface area contributed by atoms with Crippen molar-refractivity contribution < 1.29 is 14.3 Å². The van der Waals surface area contributed by atoms with E-state index in [0.717, 1.165) is 29.5 Å². The molecule has 1 amide bonds. The summed E-state index contributed by atoms with van der Waals surface area (Å²) in [5.74, 6) is 0.238. The van der Waals surface area contributed by atoms with Gasteiger partial charge in [0, 0.05) is 6.54 Å². The molecule has 3 atom stereocenters. The zero-order chi connectivity index (χ0) is 19.7. The highest BCUT2D eigenvalue weighted by molar-refractivity contribution is 5.94. The van der Waals surface area contributed by atoms with Crippen LogP contribution in [0.4, 0.5) is 0 Å². The number of nitrogens with zero attached hydrogens (tertiary/aromatic N) is 1. The van der Waals surface area contributed by atoms with Crippen LogP contribution in [-0.2, 0) is 14.3 Å². The van der Waals surface area contributed by atoms with Gasteiger partial charge < -0.3 is 9.64 Å². The average molecular weight is 377 g/mol. The highest BCUT2D eigenvalue weighted by atomic mass is 16.5. The molecule has 4 nitrogen and oxygen atoms in total. The first-order valence-electron chi connectivity index (χ1n) is 10.1. The number of benzene rings is 2. The van der Waals surface area contributed by atoms with Crippen molar-refractivity contribution in [3.63, 3.8) is 0 Å². The van der Waals surface area contributed by atoms with Crippen molar-refractivity contribution in [1.29, 1.82) is 0 Å². The van der Waals surface area contributed by atoms with Gasteiger partial charge in [0.1, 0.15) is 12.6 Å². The number of carbonyl (C=O) groups excluding carboxylic acids is 2. The third-order valence-corrected chi connectivity index (χ3v) is 5.80. The summed E-state index contributed by atoms with van der Waals surface area (Å²) in [4.78, 5) is 27.6. The van der Waals surface area contributed by atoms with Gasteiger partial charge in [-0.3, -0.25) is 9.59 Å². The van der Waals surface area contributed by atoms with Gasteiger partial charge in [0.05, 0.1) is 12.0 Å². The van der Waals surface area contributed by atoms with Gasteiger partial charge in [-0.25, -0.2) is 0 Å². The summed E-state index contributed by atoms with van der Waals surface area (Å²) in [6.07, 6.45) is 1.40. The third kappa shape index (κ3) is 3.61. The Hall–Kier alpha value is -2.46. The van der Waals surface area contributed by atoms with E-state index in [1.54, 1.807) is 4.90 Å². The van der Waals surface area contributed by atoms with Crippen molar-refractivity contribution in [3.05, 3.63) is 60.2 Å². The van der Waals surface area contributed by atoms with E-state index in [1.807, 2.05) is 30.3 Å². The Balaban J connectivity index is 1.65. The summed E-state index contributed by atoms with van der Waals surface area (Å²) in [6.45, 7) is 5.01. The molecule has 0 aliphatic carbocycles. The lowest BCUT2D eigenvalue weighted by molar-refractivity contribution is -0.138. The second-order valence-corrected chi connectivity index (χ2v) is 8.25. The molecule has 2 aromatic rings. The minimum Gasteiger partial charge on any atom is -0.368 e. The van der Waals surface area contributed by atoms with Gasteiger partial charge in [-0.1, -0.05) is 68.4 Å². The number of amides is 1. The van der Waals surface area contributed by atoms with Crippen LogP contribution in [0.5, 0.6) is 0 Å². The maximum Gasteiger partial charge on any atom is 0.230 e. The van der Waals surface area contributed by atoms with E-state index in [9.17, 15) is 9.59 Å². The monoisotopic (exact) mass is 377 g/mol. The Kier molecular flexibility index (Phi) is 5.31. The number of ether oxygens (including phenoxy) is 1. The molecule has 0 radical (unpaired) electrons. The van der Waals surface area contributed by atoms with Crippen molar-refractivity contribution >= 4 is 11.7 Å². The van der Waals surface area contributed by atoms with Crippen LogP contribution in [0.3, 0.4) is 0 Å². The standard InChI is InChI=1S/C24H27NO3/c1-16(2)13-20(24(27)25-12-11-22-23(25)21(26)15-28-22)19-10-6-9-18(14-19)17-7-4-3-5-8-17/h3-10,14,16,20,22-23H,11-13,15H2,1-2H3. The highest BCUT2D eigenvalue weighted by Gasteiger charge is 2.47. The smallest absolute Gasteiger partial charge is 0.230 e. The lowest BCUT2D eigenvalue weighted by atomic mass is 9.87. The van der Waals surface area contributed by atoms with Gasteiger partial charge in [0.2, 0.25) is 5.91 Å². The molecule has 2 saturated heterocycles. The molecular weight excluding hydrogens is 350 g/mol. The van der Waals surface area contributed by atoms with Gasteiger partial charge in [-0.2, -0.15) is 0 Å². The van der Waals surface area contributed by atoms with Gasteiger partial charge in [-0.15, -0.1) is 0 Å². The predicted molar refractivity (Wildman–Crippen MR) is 109 cm³/mol. The number of likely N-dealkylation sites (tertiary alicyclic amines) is 1. The fourth-order valence-electron chi connectivity index (χ4n) is 4.46. The zero-order valence-corrected chi connectivity index (χ0v) is 16.5. The SMILES string of the molecule is CC(C)CC(C(=O)N1CCC2OCC(=O)C21)c1cccc(-c2ccccc2)c1. The molecule has 0 spiro atoms. The van der Waals surface area contributed by atoms with E-state index in [4.69, 9.17) is 4.74 Å². The zero-order valence-electron chi connectivity index (χ0n) is 16.5. The van der Waals surface area contributed by atoms with Crippen molar-refractivity contribution in [2.75, 3.05) is 13.2 Å². The molecule has 4 rings (SSSR count). The molecule has 2 heterocycles. The van der Waals surface area contributed by atoms with Gasteiger partial charge in [-0.05, 0) is 35.4 Å². The van der Waals surface area contributed by atoms with Crippen LogP contribution in [-0.4, -0.2) is 41.9 Å². The molecule has 4 heteroatoms. The molecule has 0 saturated carbocycles. The number of hydrogen-bond donors (Lipinski definition) is 0. The molecule has 2 fully saturated rings. The number of rotatable bonds is 5. The summed E-state index contributed by atoms with van der Waals surface area (Å²) in [5.41, 5.74) is 3.27. The molecule has 0 N–H and O–H groups in total. The minimum absolute atomic E-state index is 0.0391. The molecule has 3 unspecified atom stereocenters. The Bertz CT molecular complexity index is 861. The number of Topliss-reactive ketones (excluding diaryl/α,β-unsaturated/α-hetero) is 1. The number of fused-ring (bicyclic) bond motifs is 1. The Morgan fingerprint density at radius 3 is 2.61 bits per heavy atom. The highest BCUT2D eigenvalue weighted by Crippen LogP contribution is 2.34. The van der Waals surface area contributed by atoms with Crippen molar-refractivity contribution in [2.45, 2.75) is 44.8 Å². The molecule has 2 aliphatic rings. The van der Waals surface area contributed by atoms with E-state index in [2.05, 4.69) is 38.1 Å². The number of carbonyl (C=O) groups is 2. The largest absolute Gasteiger partial charge is 0.368 e. The van der Waals surface area contributed by atoms with Crippen LogP contribution < -0.4 is 0 Å². The summed E-state index contributed by atoms with van der Waals surface area (Å²) in [5, 5.41) is 0. The van der Waals surface area contributed by atoms with Crippen LogP contribution in [0.15, 0.2) is 54.6 Å². The fourth-order valence-corrected chi connectivity index (χ4v) is 4.46. The summed E-state index contributed by atoms with van der Waals surface area (Å²) >= 11 is 0. The van der Waals surface area contributed by atoms with Crippen molar-refractivity contribution in [1.82, 2.24) is 4.90 Å². The van der Waals surface area contributed by atoms with Gasteiger partial charge in [0.15, 0.2) is 5.78 Å². The van der Waals surface area contributed by atoms with E-state index in [1.165, 1.54) is 0 Å². The maximum atomic E-state index is 13.5. The second-order valence-electron chi connectivity index (χ2n) is 8.25. The van der Waals surface area contributed by atoms with Crippen LogP contribution in [0.25, 0.3) is 11.1 Å². The van der Waals surface area contributed by atoms with Crippen LogP contribution in [0.2, 0.25) is 0 Å². The minimum atomic E-state index is -0.389. The average Bonchev–Trinajstić information content (AvgIpc) is 3.29. The molecule has 2 aromatic carbocycles. The third-order valence-electron chi connectivity index (χ3n) is 5.80. The van der Waals surface area contributed by atoms with Gasteiger partial charge in [0.25, 0.3) is 0 Å².